The summed E-state index contributed by atoms with van der Waals surface area (Å²) in [6, 6.07) is 23.8. The maximum absolute atomic E-state index is 13.3. The number of halogens is 2. The Kier molecular flexibility index (Phi) is 8.10. The Hall–Kier alpha value is -2.82. The number of amides is 2. The topological polar surface area (TPSA) is 49.4 Å². The van der Waals surface area contributed by atoms with Crippen molar-refractivity contribution < 1.29 is 9.59 Å². The van der Waals surface area contributed by atoms with E-state index in [1.165, 1.54) is 6.92 Å². The maximum atomic E-state index is 13.3. The Balaban J connectivity index is 1.83. The van der Waals surface area contributed by atoms with Gasteiger partial charge in [0, 0.05) is 36.5 Å². The lowest BCUT2D eigenvalue weighted by molar-refractivity contribution is -0.139. The average molecular weight is 455 g/mol. The first kappa shape index (κ1) is 22.9. The van der Waals surface area contributed by atoms with E-state index in [4.69, 9.17) is 23.2 Å². The summed E-state index contributed by atoms with van der Waals surface area (Å²) in [5.74, 6) is -0.398. The lowest BCUT2D eigenvalue weighted by atomic mass is 10.0. The van der Waals surface area contributed by atoms with Gasteiger partial charge in [0.2, 0.25) is 11.8 Å². The van der Waals surface area contributed by atoms with Crippen molar-refractivity contribution in [3.05, 3.63) is 106 Å². The second-order valence-corrected chi connectivity index (χ2v) is 8.14. The fourth-order valence-electron chi connectivity index (χ4n) is 3.37. The van der Waals surface area contributed by atoms with Crippen LogP contribution in [0.25, 0.3) is 0 Å². The predicted molar refractivity (Wildman–Crippen MR) is 125 cm³/mol. The molecule has 0 radical (unpaired) electrons. The van der Waals surface area contributed by atoms with E-state index in [0.717, 1.165) is 16.7 Å². The van der Waals surface area contributed by atoms with Crippen LogP contribution in [0.5, 0.6) is 0 Å². The Morgan fingerprint density at radius 1 is 0.903 bits per heavy atom. The van der Waals surface area contributed by atoms with Crippen LogP contribution in [-0.4, -0.2) is 22.8 Å². The van der Waals surface area contributed by atoms with Gasteiger partial charge in [-0.05, 0) is 28.8 Å². The first-order valence-corrected chi connectivity index (χ1v) is 10.8. The van der Waals surface area contributed by atoms with Crippen molar-refractivity contribution in [2.45, 2.75) is 32.5 Å². The largest absolute Gasteiger partial charge is 0.350 e. The van der Waals surface area contributed by atoms with Crippen LogP contribution in [-0.2, 0) is 29.1 Å². The number of rotatable bonds is 8. The third-order valence-electron chi connectivity index (χ3n) is 5.02. The van der Waals surface area contributed by atoms with Crippen LogP contribution in [0.1, 0.15) is 23.6 Å². The molecule has 0 aliphatic carbocycles. The second kappa shape index (κ2) is 11.0. The summed E-state index contributed by atoms with van der Waals surface area (Å²) < 4.78 is 0. The van der Waals surface area contributed by atoms with Gasteiger partial charge < -0.3 is 10.2 Å². The molecule has 0 aromatic heterocycles. The maximum Gasteiger partial charge on any atom is 0.243 e. The van der Waals surface area contributed by atoms with Crippen molar-refractivity contribution >= 4 is 35.0 Å². The fraction of sp³-hybridized carbons (Fsp3) is 0.200. The highest BCUT2D eigenvalue weighted by atomic mass is 35.5. The van der Waals surface area contributed by atoms with E-state index in [-0.39, 0.29) is 18.4 Å². The highest BCUT2D eigenvalue weighted by Gasteiger charge is 2.28. The molecule has 4 nitrogen and oxygen atoms in total. The monoisotopic (exact) mass is 454 g/mol. The van der Waals surface area contributed by atoms with E-state index >= 15 is 0 Å². The van der Waals surface area contributed by atoms with Crippen molar-refractivity contribution in [2.75, 3.05) is 0 Å². The van der Waals surface area contributed by atoms with Gasteiger partial charge in [0.05, 0.1) is 0 Å². The molecule has 1 N–H and O–H groups in total. The number of carbonyl (C=O) groups excluding carboxylic acids is 2. The van der Waals surface area contributed by atoms with E-state index in [9.17, 15) is 9.59 Å². The third kappa shape index (κ3) is 6.58. The zero-order chi connectivity index (χ0) is 22.2. The lowest BCUT2D eigenvalue weighted by Crippen LogP contribution is -2.49. The molecular formula is C25H24Cl2N2O2. The van der Waals surface area contributed by atoms with Gasteiger partial charge in [0.25, 0.3) is 0 Å². The number of carbonyl (C=O) groups is 2. The summed E-state index contributed by atoms with van der Waals surface area (Å²) in [6.45, 7) is 2.09. The van der Waals surface area contributed by atoms with Gasteiger partial charge in [0.1, 0.15) is 6.04 Å². The molecule has 0 spiro atoms. The molecule has 6 heteroatoms. The van der Waals surface area contributed by atoms with E-state index < -0.39 is 6.04 Å². The molecule has 0 saturated carbocycles. The molecule has 0 unspecified atom stereocenters. The molecule has 0 bridgehead atoms. The molecule has 0 saturated heterocycles. The standard InChI is InChI=1S/C25H24Cl2N2O2/c1-18(30)29(17-20-10-6-3-7-11-20)24(14-19-8-4-2-5-9-19)25(31)28-16-21-12-13-22(26)15-23(21)27/h2-13,15,24H,14,16-17H2,1H3,(H,28,31)/t24-/m1/s1. The van der Waals surface area contributed by atoms with Crippen LogP contribution in [0.15, 0.2) is 78.9 Å². The molecule has 3 rings (SSSR count). The zero-order valence-corrected chi connectivity index (χ0v) is 18.7. The van der Waals surface area contributed by atoms with Crippen LogP contribution in [0.4, 0.5) is 0 Å². The summed E-state index contributed by atoms with van der Waals surface area (Å²) in [6.07, 6.45) is 0.410. The molecule has 0 aliphatic rings. The Morgan fingerprint density at radius 2 is 1.52 bits per heavy atom. The Labute approximate surface area is 192 Å². The summed E-state index contributed by atoms with van der Waals surface area (Å²) in [5.41, 5.74) is 2.70. The Bertz CT molecular complexity index is 1030. The molecule has 3 aromatic rings. The minimum atomic E-state index is -0.661. The second-order valence-electron chi connectivity index (χ2n) is 7.29. The average Bonchev–Trinajstić information content (AvgIpc) is 2.76. The third-order valence-corrected chi connectivity index (χ3v) is 5.61. The number of hydrogen-bond acceptors (Lipinski definition) is 2. The molecular weight excluding hydrogens is 431 g/mol. The summed E-state index contributed by atoms with van der Waals surface area (Å²) >= 11 is 12.2. The molecule has 0 aliphatic heterocycles. The molecule has 0 heterocycles. The molecule has 1 atom stereocenters. The van der Waals surface area contributed by atoms with Crippen LogP contribution in [0.3, 0.4) is 0 Å². The molecule has 2 amide bonds. The smallest absolute Gasteiger partial charge is 0.243 e. The van der Waals surface area contributed by atoms with Crippen LogP contribution < -0.4 is 5.32 Å². The number of hydrogen-bond donors (Lipinski definition) is 1. The number of nitrogens with one attached hydrogen (secondary N) is 1. The van der Waals surface area contributed by atoms with Crippen molar-refractivity contribution in [1.82, 2.24) is 10.2 Å². The van der Waals surface area contributed by atoms with E-state index in [1.807, 2.05) is 60.7 Å². The van der Waals surface area contributed by atoms with Crippen LogP contribution in [0, 0.1) is 0 Å². The van der Waals surface area contributed by atoms with E-state index in [0.29, 0.717) is 23.0 Å². The summed E-state index contributed by atoms with van der Waals surface area (Å²) in [7, 11) is 0. The van der Waals surface area contributed by atoms with Crippen molar-refractivity contribution in [2.24, 2.45) is 0 Å². The molecule has 0 fully saturated rings. The van der Waals surface area contributed by atoms with Gasteiger partial charge in [-0.15, -0.1) is 0 Å². The highest BCUT2D eigenvalue weighted by molar-refractivity contribution is 6.35. The number of benzene rings is 3. The van der Waals surface area contributed by atoms with E-state index in [1.54, 1.807) is 23.1 Å². The van der Waals surface area contributed by atoms with Gasteiger partial charge in [0.15, 0.2) is 0 Å². The minimum Gasteiger partial charge on any atom is -0.350 e. The van der Waals surface area contributed by atoms with Gasteiger partial charge in [-0.2, -0.15) is 0 Å². The SMILES string of the molecule is CC(=O)N(Cc1ccccc1)[C@H](Cc1ccccc1)C(=O)NCc1ccc(Cl)cc1Cl. The van der Waals surface area contributed by atoms with Crippen LogP contribution in [0.2, 0.25) is 10.0 Å². The summed E-state index contributed by atoms with van der Waals surface area (Å²) in [4.78, 5) is 27.4. The highest BCUT2D eigenvalue weighted by Crippen LogP contribution is 2.21. The van der Waals surface area contributed by atoms with Gasteiger partial charge >= 0.3 is 0 Å². The Morgan fingerprint density at radius 3 is 2.10 bits per heavy atom. The van der Waals surface area contributed by atoms with Gasteiger partial charge in [-0.25, -0.2) is 0 Å². The van der Waals surface area contributed by atoms with Gasteiger partial charge in [-0.3, -0.25) is 9.59 Å². The normalized spacial score (nSPS) is 11.6. The minimum absolute atomic E-state index is 0.163. The van der Waals surface area contributed by atoms with Crippen molar-refractivity contribution in [3.63, 3.8) is 0 Å². The summed E-state index contributed by atoms with van der Waals surface area (Å²) in [5, 5.41) is 3.96. The fourth-order valence-corrected chi connectivity index (χ4v) is 3.84. The van der Waals surface area contributed by atoms with E-state index in [2.05, 4.69) is 5.32 Å². The number of nitrogens with zero attached hydrogens (tertiary/aromatic N) is 1. The molecule has 3 aromatic carbocycles. The van der Waals surface area contributed by atoms with Crippen molar-refractivity contribution in [3.8, 4) is 0 Å². The lowest BCUT2D eigenvalue weighted by Gasteiger charge is -2.30. The molecule has 31 heavy (non-hydrogen) atoms. The first-order chi connectivity index (χ1) is 14.9. The first-order valence-electron chi connectivity index (χ1n) is 10.0. The molecule has 160 valence electrons. The van der Waals surface area contributed by atoms with Crippen molar-refractivity contribution in [1.29, 1.82) is 0 Å². The van der Waals surface area contributed by atoms with Crippen LogP contribution >= 0.6 is 23.2 Å². The quantitative estimate of drug-likeness (QED) is 0.503. The predicted octanol–water partition coefficient (Wildman–Crippen LogP) is 5.27. The van der Waals surface area contributed by atoms with Gasteiger partial charge in [-0.1, -0.05) is 89.9 Å². The zero-order valence-electron chi connectivity index (χ0n) is 17.2.